The summed E-state index contributed by atoms with van der Waals surface area (Å²) < 4.78 is 26.8. The average molecular weight is 285 g/mol. The van der Waals surface area contributed by atoms with E-state index in [0.717, 1.165) is 6.26 Å². The quantitative estimate of drug-likeness (QED) is 0.625. The highest BCUT2D eigenvalue weighted by atomic mass is 32.2. The van der Waals surface area contributed by atoms with E-state index >= 15 is 0 Å². The molecule has 2 heterocycles. The van der Waals surface area contributed by atoms with Crippen molar-refractivity contribution >= 4 is 27.1 Å². The molecule has 0 spiro atoms. The molecule has 0 aliphatic heterocycles. The number of nitrogens with one attached hydrogen (secondary N) is 2. The number of fused-ring (bicyclic) bond motifs is 1. The molecular weight excluding hydrogens is 274 g/mol. The first-order valence-electron chi connectivity index (χ1n) is 5.47. The molecule has 1 saturated carbocycles. The third-order valence-electron chi connectivity index (χ3n) is 2.57. The van der Waals surface area contributed by atoms with Crippen LogP contribution < -0.4 is 9.50 Å². The van der Waals surface area contributed by atoms with Gasteiger partial charge in [0.15, 0.2) is 11.5 Å². The zero-order chi connectivity index (χ0) is 13.6. The Morgan fingerprint density at radius 1 is 1.53 bits per heavy atom. The van der Waals surface area contributed by atoms with E-state index in [2.05, 4.69) is 29.4 Å². The molecule has 19 heavy (non-hydrogen) atoms. The second kappa shape index (κ2) is 4.03. The van der Waals surface area contributed by atoms with Crippen LogP contribution in [0.1, 0.15) is 6.42 Å². The number of aromatic nitrogens is 4. The van der Waals surface area contributed by atoms with Crippen LogP contribution >= 0.6 is 0 Å². The minimum atomic E-state index is -3.71. The van der Waals surface area contributed by atoms with Crippen LogP contribution in [0, 0.1) is 0 Å². The number of H-pyrrole nitrogens is 1. The molecule has 1 fully saturated rings. The molecule has 10 heteroatoms. The van der Waals surface area contributed by atoms with Crippen LogP contribution in [0.15, 0.2) is 6.33 Å². The van der Waals surface area contributed by atoms with Crippen molar-refractivity contribution in [2.24, 2.45) is 0 Å². The lowest BCUT2D eigenvalue weighted by atomic mass is 10.4. The van der Waals surface area contributed by atoms with E-state index in [0.29, 0.717) is 17.8 Å². The van der Waals surface area contributed by atoms with E-state index in [-0.39, 0.29) is 17.7 Å². The molecule has 0 aromatic carbocycles. The summed E-state index contributed by atoms with van der Waals surface area (Å²) in [5.74, 6) is 0.350. The fraction of sp³-hybridized carbons (Fsp3) is 0.444. The van der Waals surface area contributed by atoms with E-state index in [4.69, 9.17) is 0 Å². The smallest absolute Gasteiger partial charge is 0.337 e. The second-order valence-electron chi connectivity index (χ2n) is 4.30. The van der Waals surface area contributed by atoms with Gasteiger partial charge in [0.2, 0.25) is 0 Å². The van der Waals surface area contributed by atoms with Crippen molar-refractivity contribution < 1.29 is 17.7 Å². The zero-order valence-corrected chi connectivity index (χ0v) is 10.7. The maximum atomic E-state index is 11.1. The van der Waals surface area contributed by atoms with Crippen molar-refractivity contribution in [1.29, 1.82) is 0 Å². The highest BCUT2D eigenvalue weighted by molar-refractivity contribution is 7.86. The van der Waals surface area contributed by atoms with Crippen LogP contribution in [0.3, 0.4) is 0 Å². The first-order valence-corrected chi connectivity index (χ1v) is 7.29. The lowest BCUT2D eigenvalue weighted by Crippen LogP contribution is -2.12. The summed E-state index contributed by atoms with van der Waals surface area (Å²) >= 11 is 0. The predicted octanol–water partition coefficient (Wildman–Crippen LogP) is -0.764. The number of aromatic amines is 1. The number of imidazole rings is 1. The molecule has 3 rings (SSSR count). The molecular formula is C9H11N5O4S. The number of hydrogen-bond donors (Lipinski definition) is 3. The third kappa shape index (κ3) is 2.58. The number of aliphatic hydroxyl groups excluding tert-OH is 1. The Bertz CT molecular complexity index is 727. The van der Waals surface area contributed by atoms with Gasteiger partial charge in [0.25, 0.3) is 0 Å². The molecule has 2 aromatic rings. The van der Waals surface area contributed by atoms with Crippen molar-refractivity contribution in [2.45, 2.75) is 18.6 Å². The Kier molecular flexibility index (Phi) is 2.57. The minimum absolute atomic E-state index is 0.104. The first-order chi connectivity index (χ1) is 8.92. The number of aliphatic hydroxyl groups is 1. The Labute approximate surface area is 108 Å². The second-order valence-corrected chi connectivity index (χ2v) is 5.87. The van der Waals surface area contributed by atoms with Crippen molar-refractivity contribution in [3.63, 3.8) is 0 Å². The Morgan fingerprint density at radius 3 is 2.89 bits per heavy atom. The van der Waals surface area contributed by atoms with Gasteiger partial charge in [-0.15, -0.1) is 0 Å². The van der Waals surface area contributed by atoms with Crippen LogP contribution in [-0.2, 0) is 10.1 Å². The van der Waals surface area contributed by atoms with Crippen molar-refractivity contribution in [3.05, 3.63) is 6.33 Å². The van der Waals surface area contributed by atoms with Crippen LogP contribution in [0.2, 0.25) is 0 Å². The molecule has 0 amide bonds. The van der Waals surface area contributed by atoms with Gasteiger partial charge in [0, 0.05) is 0 Å². The summed E-state index contributed by atoms with van der Waals surface area (Å²) in [6.07, 6.45) is 2.51. The van der Waals surface area contributed by atoms with Crippen LogP contribution in [0.5, 0.6) is 6.01 Å². The molecule has 0 bridgehead atoms. The number of hydrogen-bond acceptors (Lipinski definition) is 8. The van der Waals surface area contributed by atoms with Crippen molar-refractivity contribution in [2.75, 3.05) is 11.6 Å². The van der Waals surface area contributed by atoms with Gasteiger partial charge in [-0.2, -0.15) is 18.4 Å². The maximum absolute atomic E-state index is 11.1. The highest BCUT2D eigenvalue weighted by Gasteiger charge is 2.36. The fourth-order valence-electron chi connectivity index (χ4n) is 1.60. The Morgan fingerprint density at radius 2 is 2.26 bits per heavy atom. The largest absolute Gasteiger partial charge is 0.391 e. The standard InChI is InChI=1S/C9H11N5O4S/c1-19(16,17)18-9-13-7-6(10-3-11-7)8(14-9)12-4-2-5(4)15/h3-5,15H,2H2,1H3,(H2,10,11,12,13,14). The normalized spacial score (nSPS) is 22.4. The first kappa shape index (κ1) is 12.1. The van der Waals surface area contributed by atoms with E-state index in [1.165, 1.54) is 6.33 Å². The molecule has 2 aromatic heterocycles. The molecule has 1 aliphatic rings. The molecule has 1 aliphatic carbocycles. The molecule has 102 valence electrons. The van der Waals surface area contributed by atoms with E-state index in [9.17, 15) is 13.5 Å². The van der Waals surface area contributed by atoms with Gasteiger partial charge in [0.1, 0.15) is 5.52 Å². The summed E-state index contributed by atoms with van der Waals surface area (Å²) in [7, 11) is -3.71. The Hall–Kier alpha value is -1.94. The summed E-state index contributed by atoms with van der Waals surface area (Å²) in [6, 6.07) is -0.410. The minimum Gasteiger partial charge on any atom is -0.391 e. The lowest BCUT2D eigenvalue weighted by molar-refractivity contribution is 0.274. The van der Waals surface area contributed by atoms with Gasteiger partial charge in [-0.25, -0.2) is 4.98 Å². The highest BCUT2D eigenvalue weighted by Crippen LogP contribution is 2.28. The van der Waals surface area contributed by atoms with Gasteiger partial charge in [-0.05, 0) is 6.42 Å². The van der Waals surface area contributed by atoms with Crippen LogP contribution in [-0.4, -0.2) is 51.9 Å². The number of anilines is 1. The average Bonchev–Trinajstić information content (AvgIpc) is 2.78. The SMILES string of the molecule is CS(=O)(=O)Oc1nc(NC2CC2O)c2[nH]cnc2n1. The monoisotopic (exact) mass is 285 g/mol. The van der Waals surface area contributed by atoms with E-state index in [1.54, 1.807) is 0 Å². The van der Waals surface area contributed by atoms with Gasteiger partial charge in [0.05, 0.1) is 24.7 Å². The van der Waals surface area contributed by atoms with Crippen LogP contribution in [0.25, 0.3) is 11.2 Å². The summed E-state index contributed by atoms with van der Waals surface area (Å²) in [5.41, 5.74) is 0.811. The van der Waals surface area contributed by atoms with E-state index in [1.807, 2.05) is 0 Å². The molecule has 9 nitrogen and oxygen atoms in total. The van der Waals surface area contributed by atoms with Gasteiger partial charge >= 0.3 is 16.1 Å². The topological polar surface area (TPSA) is 130 Å². The lowest BCUT2D eigenvalue weighted by Gasteiger charge is -2.06. The molecule has 0 radical (unpaired) electrons. The van der Waals surface area contributed by atoms with Gasteiger partial charge < -0.3 is 19.6 Å². The van der Waals surface area contributed by atoms with Crippen molar-refractivity contribution in [1.82, 2.24) is 19.9 Å². The van der Waals surface area contributed by atoms with Gasteiger partial charge in [-0.1, -0.05) is 0 Å². The number of rotatable bonds is 4. The summed E-state index contributed by atoms with van der Waals surface area (Å²) in [4.78, 5) is 14.6. The van der Waals surface area contributed by atoms with E-state index < -0.39 is 16.2 Å². The maximum Gasteiger partial charge on any atom is 0.337 e. The zero-order valence-electron chi connectivity index (χ0n) is 9.86. The predicted molar refractivity (Wildman–Crippen MR) is 65.2 cm³/mol. The summed E-state index contributed by atoms with van der Waals surface area (Å²) in [6.45, 7) is 0. The van der Waals surface area contributed by atoms with Gasteiger partial charge in [-0.3, -0.25) is 0 Å². The molecule has 2 atom stereocenters. The van der Waals surface area contributed by atoms with Crippen LogP contribution in [0.4, 0.5) is 5.82 Å². The molecule has 3 N–H and O–H groups in total. The molecule has 0 saturated heterocycles. The molecule has 2 unspecified atom stereocenters. The van der Waals surface area contributed by atoms with Crippen molar-refractivity contribution in [3.8, 4) is 6.01 Å². The Balaban J connectivity index is 2.00. The number of nitrogens with zero attached hydrogens (tertiary/aromatic N) is 3. The summed E-state index contributed by atoms with van der Waals surface area (Å²) in [5, 5.41) is 12.3. The third-order valence-corrected chi connectivity index (χ3v) is 3.02. The fourth-order valence-corrected chi connectivity index (χ4v) is 1.95.